The number of urea groups is 1. The zero-order valence-electron chi connectivity index (χ0n) is 14.1. The highest BCUT2D eigenvalue weighted by molar-refractivity contribution is 7.09. The fourth-order valence-corrected chi connectivity index (χ4v) is 3.43. The van der Waals surface area contributed by atoms with Gasteiger partial charge in [-0.1, -0.05) is 17.7 Å². The van der Waals surface area contributed by atoms with E-state index in [-0.39, 0.29) is 6.54 Å². The standard InChI is InChI=1S/C17H14ClN3O5S/c1-26-13-5-4-10(7-12(13)18)19-14(22)9-21-16(24)15(23)20(17(21)25)8-11-3-2-6-27-11/h2-7H,8-9H2,1H3,(H,19,22). The molecule has 0 bridgehead atoms. The number of rotatable bonds is 6. The summed E-state index contributed by atoms with van der Waals surface area (Å²) in [6, 6.07) is 7.30. The molecule has 1 aliphatic rings. The molecule has 1 aromatic heterocycles. The third-order valence-corrected chi connectivity index (χ3v) is 4.92. The van der Waals surface area contributed by atoms with Gasteiger partial charge in [-0.15, -0.1) is 11.3 Å². The highest BCUT2D eigenvalue weighted by atomic mass is 35.5. The van der Waals surface area contributed by atoms with Crippen LogP contribution in [-0.2, 0) is 20.9 Å². The third-order valence-electron chi connectivity index (χ3n) is 3.77. The molecule has 0 radical (unpaired) electrons. The van der Waals surface area contributed by atoms with Gasteiger partial charge in [0.2, 0.25) is 5.91 Å². The Morgan fingerprint density at radius 2 is 1.93 bits per heavy atom. The number of ether oxygens (including phenoxy) is 1. The zero-order valence-corrected chi connectivity index (χ0v) is 15.7. The second kappa shape index (κ2) is 7.77. The Kier molecular flexibility index (Phi) is 5.43. The number of nitrogens with zero attached hydrogens (tertiary/aromatic N) is 2. The molecule has 0 atom stereocenters. The van der Waals surface area contributed by atoms with Crippen LogP contribution in [0.25, 0.3) is 0 Å². The van der Waals surface area contributed by atoms with Gasteiger partial charge in [0.05, 0.1) is 18.7 Å². The van der Waals surface area contributed by atoms with Gasteiger partial charge in [0, 0.05) is 10.6 Å². The van der Waals surface area contributed by atoms with E-state index in [0.717, 1.165) is 9.78 Å². The smallest absolute Gasteiger partial charge is 0.335 e. The minimum Gasteiger partial charge on any atom is -0.495 e. The topological polar surface area (TPSA) is 96.0 Å². The number of anilines is 1. The molecule has 0 aliphatic carbocycles. The number of imide groups is 2. The van der Waals surface area contributed by atoms with Gasteiger partial charge < -0.3 is 10.1 Å². The number of hydrogen-bond acceptors (Lipinski definition) is 6. The van der Waals surface area contributed by atoms with Crippen molar-refractivity contribution in [3.8, 4) is 5.75 Å². The maximum absolute atomic E-state index is 12.4. The molecule has 27 heavy (non-hydrogen) atoms. The average Bonchev–Trinajstić information content (AvgIpc) is 3.21. The van der Waals surface area contributed by atoms with Crippen molar-refractivity contribution in [2.24, 2.45) is 0 Å². The van der Waals surface area contributed by atoms with Crippen LogP contribution < -0.4 is 10.1 Å². The number of carbonyl (C=O) groups is 4. The van der Waals surface area contributed by atoms with E-state index >= 15 is 0 Å². The molecule has 0 saturated carbocycles. The Labute approximate surface area is 163 Å². The van der Waals surface area contributed by atoms with Gasteiger partial charge in [-0.25, -0.2) is 9.69 Å². The first-order valence-electron chi connectivity index (χ1n) is 7.74. The van der Waals surface area contributed by atoms with Crippen LogP contribution in [0.4, 0.5) is 10.5 Å². The van der Waals surface area contributed by atoms with Crippen molar-refractivity contribution in [1.29, 1.82) is 0 Å². The molecular weight excluding hydrogens is 394 g/mol. The molecule has 8 nitrogen and oxygen atoms in total. The Bertz CT molecular complexity index is 915. The first-order valence-corrected chi connectivity index (χ1v) is 8.99. The molecule has 1 aromatic carbocycles. The average molecular weight is 408 g/mol. The SMILES string of the molecule is COc1ccc(NC(=O)CN2C(=O)C(=O)N(Cc3cccs3)C2=O)cc1Cl. The first-order chi connectivity index (χ1) is 12.9. The Morgan fingerprint density at radius 1 is 1.19 bits per heavy atom. The summed E-state index contributed by atoms with van der Waals surface area (Å²) in [6.45, 7) is -0.582. The molecule has 140 valence electrons. The number of halogens is 1. The summed E-state index contributed by atoms with van der Waals surface area (Å²) in [4.78, 5) is 50.9. The lowest BCUT2D eigenvalue weighted by Gasteiger charge is -2.15. The predicted octanol–water partition coefficient (Wildman–Crippen LogP) is 2.34. The summed E-state index contributed by atoms with van der Waals surface area (Å²) in [6.07, 6.45) is 0. The minimum atomic E-state index is -1.03. The first kappa shape index (κ1) is 18.9. The Morgan fingerprint density at radius 3 is 2.56 bits per heavy atom. The van der Waals surface area contributed by atoms with E-state index < -0.39 is 30.3 Å². The molecule has 5 amide bonds. The van der Waals surface area contributed by atoms with Crippen LogP contribution in [0, 0.1) is 0 Å². The number of carbonyl (C=O) groups excluding carboxylic acids is 4. The predicted molar refractivity (Wildman–Crippen MR) is 98.6 cm³/mol. The molecule has 0 unspecified atom stereocenters. The van der Waals surface area contributed by atoms with E-state index in [1.165, 1.54) is 24.5 Å². The molecule has 1 aliphatic heterocycles. The number of thiophene rings is 1. The molecule has 3 rings (SSSR count). The highest BCUT2D eigenvalue weighted by Gasteiger charge is 2.45. The van der Waals surface area contributed by atoms with Gasteiger partial charge in [0.25, 0.3) is 0 Å². The summed E-state index contributed by atoms with van der Waals surface area (Å²) in [7, 11) is 1.46. The third kappa shape index (κ3) is 3.93. The monoisotopic (exact) mass is 407 g/mol. The summed E-state index contributed by atoms with van der Waals surface area (Å²) >= 11 is 7.35. The van der Waals surface area contributed by atoms with Crippen LogP contribution in [0.15, 0.2) is 35.7 Å². The van der Waals surface area contributed by atoms with Crippen LogP contribution in [0.5, 0.6) is 5.75 Å². The zero-order chi connectivity index (χ0) is 19.6. The number of hydrogen-bond donors (Lipinski definition) is 1. The van der Waals surface area contributed by atoms with Crippen molar-refractivity contribution >= 4 is 52.4 Å². The number of benzene rings is 1. The minimum absolute atomic E-state index is 0.00667. The lowest BCUT2D eigenvalue weighted by molar-refractivity contribution is -0.143. The van der Waals surface area contributed by atoms with Crippen molar-refractivity contribution in [2.75, 3.05) is 19.0 Å². The quantitative estimate of drug-likeness (QED) is 0.585. The van der Waals surface area contributed by atoms with Crippen LogP contribution >= 0.6 is 22.9 Å². The van der Waals surface area contributed by atoms with Gasteiger partial charge in [-0.3, -0.25) is 19.3 Å². The van der Waals surface area contributed by atoms with Crippen LogP contribution in [0.3, 0.4) is 0 Å². The van der Waals surface area contributed by atoms with Gasteiger partial charge in [-0.05, 0) is 29.6 Å². The Hall–Kier alpha value is -2.91. The largest absolute Gasteiger partial charge is 0.495 e. The van der Waals surface area contributed by atoms with Crippen molar-refractivity contribution in [1.82, 2.24) is 9.80 Å². The van der Waals surface area contributed by atoms with Crippen LogP contribution in [0.1, 0.15) is 4.88 Å². The summed E-state index contributed by atoms with van der Waals surface area (Å²) in [5, 5.41) is 4.62. The van der Waals surface area contributed by atoms with E-state index in [1.54, 1.807) is 29.6 Å². The normalized spacial score (nSPS) is 14.1. The van der Waals surface area contributed by atoms with Gasteiger partial charge in [-0.2, -0.15) is 0 Å². The second-order valence-corrected chi connectivity index (χ2v) is 6.98. The fraction of sp³-hybridized carbons (Fsp3) is 0.176. The van der Waals surface area contributed by atoms with Crippen molar-refractivity contribution in [2.45, 2.75) is 6.54 Å². The van der Waals surface area contributed by atoms with Crippen LogP contribution in [-0.4, -0.2) is 47.2 Å². The lowest BCUT2D eigenvalue weighted by atomic mass is 10.3. The van der Waals surface area contributed by atoms with E-state index in [1.807, 2.05) is 0 Å². The molecule has 1 N–H and O–H groups in total. The second-order valence-electron chi connectivity index (χ2n) is 5.54. The number of amides is 5. The molecule has 10 heteroatoms. The highest BCUT2D eigenvalue weighted by Crippen LogP contribution is 2.27. The van der Waals surface area contributed by atoms with Gasteiger partial charge in [0.15, 0.2) is 0 Å². The molecule has 1 saturated heterocycles. The molecular formula is C17H14ClN3O5S. The van der Waals surface area contributed by atoms with Crippen LogP contribution in [0.2, 0.25) is 5.02 Å². The molecule has 1 fully saturated rings. The lowest BCUT2D eigenvalue weighted by Crippen LogP contribution is -2.38. The number of nitrogens with one attached hydrogen (secondary N) is 1. The van der Waals surface area contributed by atoms with Gasteiger partial charge >= 0.3 is 17.8 Å². The maximum atomic E-state index is 12.4. The van der Waals surface area contributed by atoms with Crippen molar-refractivity contribution < 1.29 is 23.9 Å². The van der Waals surface area contributed by atoms with E-state index in [0.29, 0.717) is 21.4 Å². The maximum Gasteiger partial charge on any atom is 0.335 e. The fourth-order valence-electron chi connectivity index (χ4n) is 2.48. The molecule has 2 heterocycles. The Balaban J connectivity index is 1.66. The summed E-state index contributed by atoms with van der Waals surface area (Å²) in [5.74, 6) is -2.17. The van der Waals surface area contributed by atoms with E-state index in [2.05, 4.69) is 5.32 Å². The van der Waals surface area contributed by atoms with Crippen molar-refractivity contribution in [3.63, 3.8) is 0 Å². The van der Waals surface area contributed by atoms with E-state index in [4.69, 9.17) is 16.3 Å². The number of methoxy groups -OCH3 is 1. The summed E-state index contributed by atoms with van der Waals surface area (Å²) < 4.78 is 5.02. The summed E-state index contributed by atoms with van der Waals surface area (Å²) in [5.41, 5.74) is 0.367. The molecule has 2 aromatic rings. The van der Waals surface area contributed by atoms with Crippen molar-refractivity contribution in [3.05, 3.63) is 45.6 Å². The van der Waals surface area contributed by atoms with Gasteiger partial charge in [0.1, 0.15) is 12.3 Å². The van der Waals surface area contributed by atoms with E-state index in [9.17, 15) is 19.2 Å². The molecule has 0 spiro atoms.